The Hall–Kier alpha value is -3.51. The number of ether oxygens (including phenoxy) is 4. The molecule has 188 valence electrons. The van der Waals surface area contributed by atoms with Gasteiger partial charge in [0.2, 0.25) is 0 Å². The zero-order valence-corrected chi connectivity index (χ0v) is 20.0. The summed E-state index contributed by atoms with van der Waals surface area (Å²) in [5.41, 5.74) is 1.81. The topological polar surface area (TPSA) is 95.6 Å². The number of nitrogens with zero attached hydrogens (tertiary/aromatic N) is 2. The van der Waals surface area contributed by atoms with Crippen molar-refractivity contribution in [3.8, 4) is 23.0 Å². The molecule has 2 aromatic heterocycles. The maximum Gasteiger partial charge on any atom is 0.488 e. The van der Waals surface area contributed by atoms with E-state index in [2.05, 4.69) is 24.4 Å². The quantitative estimate of drug-likeness (QED) is 0.327. The lowest BCUT2D eigenvalue weighted by atomic mass is 10.2. The number of fused-ring (bicyclic) bond motifs is 2. The van der Waals surface area contributed by atoms with Crippen molar-refractivity contribution in [2.75, 3.05) is 7.11 Å². The van der Waals surface area contributed by atoms with Gasteiger partial charge in [-0.15, -0.1) is 0 Å². The molecule has 5 rings (SSSR count). The monoisotopic (exact) mass is 539 g/mol. The summed E-state index contributed by atoms with van der Waals surface area (Å²) >= 11 is 5.11. The molecule has 1 N–H and O–H groups in total. The summed E-state index contributed by atoms with van der Waals surface area (Å²) in [4.78, 5) is 11.3. The molecule has 0 fully saturated rings. The number of methoxy groups -OCH3 is 1. The number of pyridine rings is 1. The zero-order chi connectivity index (χ0) is 25.5. The molecule has 4 aromatic rings. The van der Waals surface area contributed by atoms with E-state index in [-0.39, 0.29) is 27.7 Å². The average molecular weight is 540 g/mol. The van der Waals surface area contributed by atoms with E-state index in [4.69, 9.17) is 21.1 Å². The van der Waals surface area contributed by atoms with Crippen molar-refractivity contribution in [3.05, 3.63) is 66.0 Å². The van der Waals surface area contributed by atoms with Gasteiger partial charge in [0.05, 0.1) is 46.6 Å². The van der Waals surface area contributed by atoms with Crippen LogP contribution in [-0.4, -0.2) is 37.7 Å². The predicted octanol–water partition coefficient (Wildman–Crippen LogP) is 5.08. The molecule has 2 aromatic carbocycles. The van der Waals surface area contributed by atoms with Gasteiger partial charge in [-0.2, -0.15) is 13.2 Å². The number of nitrogens with one attached hydrogen (secondary N) is 1. The molecular formula is C23H17ClF3N3O5S. The van der Waals surface area contributed by atoms with Crippen molar-refractivity contribution in [1.29, 1.82) is 0 Å². The largest absolute Gasteiger partial charge is 0.491 e. The molecule has 13 heteroatoms. The van der Waals surface area contributed by atoms with Crippen molar-refractivity contribution >= 4 is 33.4 Å². The van der Waals surface area contributed by atoms with E-state index in [1.165, 1.54) is 13.3 Å². The van der Waals surface area contributed by atoms with Crippen LogP contribution >= 0.6 is 11.6 Å². The second-order valence-electron chi connectivity index (χ2n) is 7.69. The number of rotatable bonds is 7. The second-order valence-corrected chi connectivity index (χ2v) is 9.54. The number of benzene rings is 2. The summed E-state index contributed by atoms with van der Waals surface area (Å²) in [6.07, 6.45) is -2.95. The first kappa shape index (κ1) is 24.2. The second kappa shape index (κ2) is 9.17. The predicted molar refractivity (Wildman–Crippen MR) is 124 cm³/mol. The molecule has 2 unspecified atom stereocenters. The number of halogens is 4. The molecule has 0 aliphatic carbocycles. The van der Waals surface area contributed by atoms with Crippen LogP contribution in [0.2, 0.25) is 0 Å². The minimum atomic E-state index is -4.42. The molecule has 3 heterocycles. The molecule has 0 spiro atoms. The fourth-order valence-electron chi connectivity index (χ4n) is 3.40. The van der Waals surface area contributed by atoms with Crippen molar-refractivity contribution in [2.45, 2.75) is 28.9 Å². The molecule has 0 radical (unpaired) electrons. The Balaban J connectivity index is 1.36. The summed E-state index contributed by atoms with van der Waals surface area (Å²) in [5.74, 6) is -0.0151. The average Bonchev–Trinajstić information content (AvgIpc) is 3.25. The van der Waals surface area contributed by atoms with Crippen LogP contribution in [0, 0.1) is 0 Å². The Kier molecular flexibility index (Phi) is 6.17. The molecule has 8 nitrogen and oxygen atoms in total. The van der Waals surface area contributed by atoms with Crippen molar-refractivity contribution in [2.24, 2.45) is 0 Å². The Bertz CT molecular complexity index is 1400. The van der Waals surface area contributed by atoms with Gasteiger partial charge in [0.1, 0.15) is 6.61 Å². The number of hydrogen-bond acceptors (Lipinski definition) is 7. The van der Waals surface area contributed by atoms with E-state index < -0.39 is 28.0 Å². The van der Waals surface area contributed by atoms with Crippen LogP contribution in [0.25, 0.3) is 11.0 Å². The van der Waals surface area contributed by atoms with E-state index in [0.29, 0.717) is 23.8 Å². The van der Waals surface area contributed by atoms with Gasteiger partial charge in [0, 0.05) is 18.2 Å². The van der Waals surface area contributed by atoms with Gasteiger partial charge in [-0.05, 0) is 17.2 Å². The summed E-state index contributed by atoms with van der Waals surface area (Å²) < 4.78 is 74.4. The van der Waals surface area contributed by atoms with Crippen LogP contribution < -0.4 is 18.9 Å². The van der Waals surface area contributed by atoms with Gasteiger partial charge in [0.15, 0.2) is 28.2 Å². The molecular weight excluding hydrogens is 523 g/mol. The third kappa shape index (κ3) is 4.65. The van der Waals surface area contributed by atoms with E-state index in [1.54, 1.807) is 6.07 Å². The molecule has 36 heavy (non-hydrogen) atoms. The van der Waals surface area contributed by atoms with Gasteiger partial charge in [-0.3, -0.25) is 9.19 Å². The van der Waals surface area contributed by atoms with Crippen LogP contribution in [0.5, 0.6) is 23.0 Å². The van der Waals surface area contributed by atoms with Crippen LogP contribution in [0.15, 0.2) is 59.9 Å². The normalized spacial score (nSPS) is 19.1. The Morgan fingerprint density at radius 3 is 2.58 bits per heavy atom. The van der Waals surface area contributed by atoms with E-state index in [9.17, 15) is 17.4 Å². The lowest BCUT2D eigenvalue weighted by Crippen LogP contribution is -2.51. The maximum absolute atomic E-state index is 13.9. The van der Waals surface area contributed by atoms with Crippen LogP contribution in [-0.2, 0) is 23.2 Å². The summed E-state index contributed by atoms with van der Waals surface area (Å²) in [6, 6.07) is 13.4. The van der Waals surface area contributed by atoms with E-state index in [0.717, 1.165) is 17.7 Å². The zero-order valence-electron chi connectivity index (χ0n) is 18.5. The number of hydrogen-bond donors (Lipinski definition) is 1. The molecule has 2 atom stereocenters. The summed E-state index contributed by atoms with van der Waals surface area (Å²) in [6.45, 7) is 0.295. The van der Waals surface area contributed by atoms with Crippen molar-refractivity contribution < 1.29 is 36.3 Å². The Morgan fingerprint density at radius 1 is 1.08 bits per heavy atom. The SMILES string of the molecule is COc1cnc(CS(=O)c2nc3cc4c(cc3[nH]2)OC(F)(F)C(F)(Cl)O4)cc1OCc1ccccc1. The Morgan fingerprint density at radius 2 is 1.83 bits per heavy atom. The maximum atomic E-state index is 13.9. The highest BCUT2D eigenvalue weighted by Gasteiger charge is 2.63. The first-order valence-corrected chi connectivity index (χ1v) is 12.1. The number of alkyl halides is 4. The smallest absolute Gasteiger partial charge is 0.488 e. The molecule has 1 aliphatic rings. The molecule has 0 saturated carbocycles. The van der Waals surface area contributed by atoms with Crippen LogP contribution in [0.3, 0.4) is 0 Å². The summed E-state index contributed by atoms with van der Waals surface area (Å²) in [7, 11) is -0.227. The summed E-state index contributed by atoms with van der Waals surface area (Å²) in [5, 5.41) is -3.84. The molecule has 0 amide bonds. The minimum Gasteiger partial charge on any atom is -0.491 e. The van der Waals surface area contributed by atoms with Gasteiger partial charge in [-0.25, -0.2) is 4.98 Å². The number of imidazole rings is 1. The third-order valence-corrected chi connectivity index (χ3v) is 6.66. The van der Waals surface area contributed by atoms with E-state index >= 15 is 0 Å². The highest BCUT2D eigenvalue weighted by molar-refractivity contribution is 7.84. The number of aromatic amines is 1. The van der Waals surface area contributed by atoms with E-state index in [1.807, 2.05) is 30.3 Å². The molecule has 0 bridgehead atoms. The van der Waals surface area contributed by atoms with Crippen LogP contribution in [0.1, 0.15) is 11.3 Å². The fraction of sp³-hybridized carbons (Fsp3) is 0.217. The first-order chi connectivity index (χ1) is 17.1. The van der Waals surface area contributed by atoms with Crippen molar-refractivity contribution in [3.63, 3.8) is 0 Å². The third-order valence-electron chi connectivity index (χ3n) is 5.18. The van der Waals surface area contributed by atoms with Gasteiger partial charge < -0.3 is 23.9 Å². The highest BCUT2D eigenvalue weighted by atomic mass is 35.5. The lowest BCUT2D eigenvalue weighted by molar-refractivity contribution is -0.303. The van der Waals surface area contributed by atoms with Crippen LogP contribution in [0.4, 0.5) is 13.2 Å². The Labute approximate surface area is 209 Å². The first-order valence-electron chi connectivity index (χ1n) is 10.4. The number of aromatic nitrogens is 3. The lowest BCUT2D eigenvalue weighted by Gasteiger charge is -2.33. The molecule has 1 aliphatic heterocycles. The van der Waals surface area contributed by atoms with Gasteiger partial charge in [-0.1, -0.05) is 30.3 Å². The highest BCUT2D eigenvalue weighted by Crippen LogP contribution is 2.49. The molecule has 0 saturated heterocycles. The fourth-order valence-corrected chi connectivity index (χ4v) is 4.51. The van der Waals surface area contributed by atoms with Gasteiger partial charge >= 0.3 is 11.4 Å². The number of H-pyrrole nitrogens is 1. The minimum absolute atomic E-state index is 0.0361. The van der Waals surface area contributed by atoms with Crippen molar-refractivity contribution in [1.82, 2.24) is 15.0 Å². The van der Waals surface area contributed by atoms with Gasteiger partial charge in [0.25, 0.3) is 0 Å². The standard InChI is InChI=1S/C23H17ClF3N3O5S/c1-32-20-10-28-14(7-17(20)33-11-13-5-3-2-4-6-13)12-36(31)21-29-15-8-18-19(9-16(15)30-21)35-23(26,27)22(24,25)34-18/h2-10H,11-12H2,1H3,(H,29,30).